The van der Waals surface area contributed by atoms with Gasteiger partial charge < -0.3 is 4.74 Å². The number of hydrogen-bond acceptors (Lipinski definition) is 3. The summed E-state index contributed by atoms with van der Waals surface area (Å²) in [5, 5.41) is 0. The van der Waals surface area contributed by atoms with Gasteiger partial charge in [-0.15, -0.1) is 0 Å². The number of nitrogens with zero attached hydrogens (tertiary/aromatic N) is 2. The monoisotopic (exact) mass is 302 g/mol. The highest BCUT2D eigenvalue weighted by Crippen LogP contribution is 2.24. The van der Waals surface area contributed by atoms with Gasteiger partial charge in [-0.2, -0.15) is 0 Å². The number of ether oxygens (including phenoxy) is 1. The summed E-state index contributed by atoms with van der Waals surface area (Å²) in [4.78, 5) is 24.5. The van der Waals surface area contributed by atoms with E-state index < -0.39 is 0 Å². The SMILES string of the molecule is C=C(C)n1c(=O)n(C(CCC)CC(=O)OC)c2ccccc21. The number of methoxy groups -OCH3 is 1. The van der Waals surface area contributed by atoms with Crippen molar-refractivity contribution in [1.82, 2.24) is 9.13 Å². The van der Waals surface area contributed by atoms with Crippen molar-refractivity contribution >= 4 is 22.7 Å². The van der Waals surface area contributed by atoms with Crippen molar-refractivity contribution in [3.63, 3.8) is 0 Å². The molecule has 5 nitrogen and oxygen atoms in total. The lowest BCUT2D eigenvalue weighted by atomic mass is 10.1. The van der Waals surface area contributed by atoms with Crippen molar-refractivity contribution < 1.29 is 9.53 Å². The number of allylic oxidation sites excluding steroid dienone is 1. The van der Waals surface area contributed by atoms with E-state index in [9.17, 15) is 9.59 Å². The molecule has 1 atom stereocenters. The number of carbonyl (C=O) groups is 1. The molecule has 22 heavy (non-hydrogen) atoms. The molecule has 2 rings (SSSR count). The van der Waals surface area contributed by atoms with E-state index in [-0.39, 0.29) is 24.1 Å². The summed E-state index contributed by atoms with van der Waals surface area (Å²) in [5.74, 6) is -0.308. The van der Waals surface area contributed by atoms with E-state index in [0.717, 1.165) is 23.9 Å². The van der Waals surface area contributed by atoms with Gasteiger partial charge in [-0.3, -0.25) is 13.9 Å². The molecule has 118 valence electrons. The van der Waals surface area contributed by atoms with E-state index in [4.69, 9.17) is 4.74 Å². The van der Waals surface area contributed by atoms with Crippen LogP contribution in [0, 0.1) is 0 Å². The number of para-hydroxylation sites is 2. The Balaban J connectivity index is 2.66. The van der Waals surface area contributed by atoms with Gasteiger partial charge >= 0.3 is 11.7 Å². The molecule has 0 spiro atoms. The van der Waals surface area contributed by atoms with Crippen LogP contribution in [0.1, 0.15) is 39.2 Å². The van der Waals surface area contributed by atoms with Crippen molar-refractivity contribution in [1.29, 1.82) is 0 Å². The maximum atomic E-state index is 12.8. The van der Waals surface area contributed by atoms with E-state index in [1.165, 1.54) is 7.11 Å². The molecule has 0 aliphatic rings. The van der Waals surface area contributed by atoms with Gasteiger partial charge in [0.2, 0.25) is 0 Å². The molecular weight excluding hydrogens is 280 g/mol. The zero-order valence-corrected chi connectivity index (χ0v) is 13.3. The highest BCUT2D eigenvalue weighted by molar-refractivity contribution is 5.80. The van der Waals surface area contributed by atoms with Crippen LogP contribution in [0.5, 0.6) is 0 Å². The van der Waals surface area contributed by atoms with Gasteiger partial charge in [0.1, 0.15) is 0 Å². The minimum absolute atomic E-state index is 0.156. The zero-order chi connectivity index (χ0) is 16.3. The Morgan fingerprint density at radius 2 is 1.95 bits per heavy atom. The number of esters is 1. The minimum Gasteiger partial charge on any atom is -0.469 e. The van der Waals surface area contributed by atoms with Gasteiger partial charge in [0.05, 0.1) is 24.6 Å². The molecule has 0 saturated carbocycles. The van der Waals surface area contributed by atoms with Crippen LogP contribution in [0.2, 0.25) is 0 Å². The fourth-order valence-corrected chi connectivity index (χ4v) is 2.82. The fourth-order valence-electron chi connectivity index (χ4n) is 2.82. The second-order valence-corrected chi connectivity index (χ2v) is 5.43. The summed E-state index contributed by atoms with van der Waals surface area (Å²) in [5.41, 5.74) is 2.13. The molecule has 0 aliphatic carbocycles. The van der Waals surface area contributed by atoms with E-state index in [1.807, 2.05) is 31.2 Å². The lowest BCUT2D eigenvalue weighted by Gasteiger charge is -2.16. The average molecular weight is 302 g/mol. The Hall–Kier alpha value is -2.30. The first-order chi connectivity index (χ1) is 10.5. The van der Waals surface area contributed by atoms with Gasteiger partial charge in [0.25, 0.3) is 0 Å². The summed E-state index contributed by atoms with van der Waals surface area (Å²) in [7, 11) is 1.37. The number of imidazole rings is 1. The summed E-state index contributed by atoms with van der Waals surface area (Å²) < 4.78 is 8.07. The van der Waals surface area contributed by atoms with Gasteiger partial charge in [-0.25, -0.2) is 4.79 Å². The first-order valence-electron chi connectivity index (χ1n) is 7.45. The maximum Gasteiger partial charge on any atom is 0.333 e. The topological polar surface area (TPSA) is 53.2 Å². The summed E-state index contributed by atoms with van der Waals surface area (Å²) in [6.07, 6.45) is 1.80. The average Bonchev–Trinajstić information content (AvgIpc) is 2.78. The molecule has 0 bridgehead atoms. The van der Waals surface area contributed by atoms with Crippen LogP contribution in [-0.4, -0.2) is 22.2 Å². The summed E-state index contributed by atoms with van der Waals surface area (Å²) in [6, 6.07) is 7.36. The van der Waals surface area contributed by atoms with Crippen molar-refractivity contribution in [2.75, 3.05) is 7.11 Å². The quantitative estimate of drug-likeness (QED) is 0.770. The molecule has 0 aliphatic heterocycles. The Kier molecular flexibility index (Phi) is 4.85. The first-order valence-corrected chi connectivity index (χ1v) is 7.45. The van der Waals surface area contributed by atoms with Crippen molar-refractivity contribution in [3.05, 3.63) is 41.3 Å². The number of aromatic nitrogens is 2. The van der Waals surface area contributed by atoms with Crippen LogP contribution in [0.4, 0.5) is 0 Å². The smallest absolute Gasteiger partial charge is 0.333 e. The van der Waals surface area contributed by atoms with Crippen molar-refractivity contribution in [2.45, 2.75) is 39.2 Å². The molecule has 1 aromatic heterocycles. The third-order valence-corrected chi connectivity index (χ3v) is 3.78. The highest BCUT2D eigenvalue weighted by atomic mass is 16.5. The number of carbonyl (C=O) groups excluding carboxylic acids is 1. The van der Waals surface area contributed by atoms with E-state index in [0.29, 0.717) is 5.70 Å². The number of rotatable bonds is 6. The highest BCUT2D eigenvalue weighted by Gasteiger charge is 2.22. The molecule has 1 aromatic carbocycles. The van der Waals surface area contributed by atoms with Crippen molar-refractivity contribution in [3.8, 4) is 0 Å². The maximum absolute atomic E-state index is 12.8. The summed E-state index contributed by atoms with van der Waals surface area (Å²) in [6.45, 7) is 7.72. The molecule has 0 amide bonds. The molecule has 1 heterocycles. The number of benzene rings is 1. The predicted molar refractivity (Wildman–Crippen MR) is 87.8 cm³/mol. The second kappa shape index (κ2) is 6.64. The standard InChI is InChI=1S/C17H22N2O3/c1-5-8-13(11-16(20)22-4)19-15-10-7-6-9-14(15)18(12(2)3)17(19)21/h6-7,9-10,13H,2,5,8,11H2,1,3-4H3. The van der Waals surface area contributed by atoms with Crippen LogP contribution < -0.4 is 5.69 Å². The first kappa shape index (κ1) is 16.1. The van der Waals surface area contributed by atoms with Gasteiger partial charge in [0, 0.05) is 11.7 Å². The van der Waals surface area contributed by atoms with Crippen molar-refractivity contribution in [2.24, 2.45) is 0 Å². The van der Waals surface area contributed by atoms with Crippen LogP contribution in [0.15, 0.2) is 35.6 Å². The van der Waals surface area contributed by atoms with Gasteiger partial charge in [-0.05, 0) is 25.5 Å². The number of fused-ring (bicyclic) bond motifs is 1. The van der Waals surface area contributed by atoms with Crippen LogP contribution in [0.25, 0.3) is 16.7 Å². The minimum atomic E-state index is -0.308. The molecule has 2 aromatic rings. The Bertz CT molecular complexity index is 755. The Morgan fingerprint density at radius 1 is 1.32 bits per heavy atom. The van der Waals surface area contributed by atoms with E-state index in [1.54, 1.807) is 16.1 Å². The van der Waals surface area contributed by atoms with Crippen LogP contribution >= 0.6 is 0 Å². The van der Waals surface area contributed by atoms with Crippen LogP contribution in [0.3, 0.4) is 0 Å². The number of hydrogen-bond donors (Lipinski definition) is 0. The Labute approximate surface area is 129 Å². The largest absolute Gasteiger partial charge is 0.469 e. The lowest BCUT2D eigenvalue weighted by Crippen LogP contribution is -2.28. The predicted octanol–water partition coefficient (Wildman–Crippen LogP) is 3.20. The molecule has 0 fully saturated rings. The second-order valence-electron chi connectivity index (χ2n) is 5.43. The molecule has 0 saturated heterocycles. The Morgan fingerprint density at radius 3 is 2.50 bits per heavy atom. The fraction of sp³-hybridized carbons (Fsp3) is 0.412. The van der Waals surface area contributed by atoms with Gasteiger partial charge in [-0.1, -0.05) is 32.1 Å². The zero-order valence-electron chi connectivity index (χ0n) is 13.3. The summed E-state index contributed by atoms with van der Waals surface area (Å²) >= 11 is 0. The molecule has 0 N–H and O–H groups in total. The molecule has 0 radical (unpaired) electrons. The normalized spacial score (nSPS) is 12.3. The van der Waals surface area contributed by atoms with Gasteiger partial charge in [0.15, 0.2) is 0 Å². The molecular formula is C17H22N2O3. The van der Waals surface area contributed by atoms with E-state index >= 15 is 0 Å². The third kappa shape index (κ3) is 2.84. The molecule has 5 heteroatoms. The molecule has 1 unspecified atom stereocenters. The van der Waals surface area contributed by atoms with Crippen LogP contribution in [-0.2, 0) is 9.53 Å². The third-order valence-electron chi connectivity index (χ3n) is 3.78. The van der Waals surface area contributed by atoms with E-state index in [2.05, 4.69) is 6.58 Å². The lowest BCUT2D eigenvalue weighted by molar-refractivity contribution is -0.141.